The third kappa shape index (κ3) is 1.66. The van der Waals surface area contributed by atoms with Crippen molar-refractivity contribution >= 4 is 11.9 Å². The van der Waals surface area contributed by atoms with Crippen LogP contribution in [-0.4, -0.2) is 28.5 Å². The molecule has 1 unspecified atom stereocenters. The van der Waals surface area contributed by atoms with Crippen LogP contribution in [0.4, 0.5) is 0 Å². The standard InChI is InChI=1S/C10H15N5O/c1-6(2)15-5-12-4-7(15)8-9(16)14-10(11-3)13-8/h4-6,8H,1-3H3,(H2,11,13,14,16). The summed E-state index contributed by atoms with van der Waals surface area (Å²) >= 11 is 0. The molecule has 0 aromatic carbocycles. The third-order valence-electron chi connectivity index (χ3n) is 2.56. The summed E-state index contributed by atoms with van der Waals surface area (Å²) in [5.74, 6) is 0.412. The van der Waals surface area contributed by atoms with Crippen molar-refractivity contribution < 1.29 is 4.79 Å². The number of carbonyl (C=O) groups is 1. The Labute approximate surface area is 93.8 Å². The number of nitrogens with one attached hydrogen (secondary N) is 2. The first kappa shape index (κ1) is 10.7. The summed E-state index contributed by atoms with van der Waals surface area (Å²) in [4.78, 5) is 19.7. The lowest BCUT2D eigenvalue weighted by Crippen LogP contribution is -2.25. The number of hydrogen-bond acceptors (Lipinski definition) is 3. The minimum Gasteiger partial charge on any atom is -0.339 e. The summed E-state index contributed by atoms with van der Waals surface area (Å²) in [7, 11) is 1.63. The molecule has 1 amide bonds. The number of aromatic nitrogens is 2. The van der Waals surface area contributed by atoms with Crippen LogP contribution in [0.25, 0.3) is 0 Å². The molecule has 0 radical (unpaired) electrons. The van der Waals surface area contributed by atoms with Crippen LogP contribution >= 0.6 is 0 Å². The van der Waals surface area contributed by atoms with Crippen LogP contribution in [0.5, 0.6) is 0 Å². The molecule has 1 aromatic heterocycles. The average molecular weight is 221 g/mol. The summed E-state index contributed by atoms with van der Waals surface area (Å²) in [5.41, 5.74) is 0.853. The van der Waals surface area contributed by atoms with Gasteiger partial charge in [0.05, 0.1) is 18.2 Å². The molecule has 1 fully saturated rings. The van der Waals surface area contributed by atoms with Crippen molar-refractivity contribution in [2.45, 2.75) is 25.9 Å². The van der Waals surface area contributed by atoms with Gasteiger partial charge in [-0.1, -0.05) is 0 Å². The first-order valence-electron chi connectivity index (χ1n) is 5.19. The van der Waals surface area contributed by atoms with E-state index in [1.807, 2.05) is 18.4 Å². The summed E-state index contributed by atoms with van der Waals surface area (Å²) in [5, 5.41) is 5.68. The van der Waals surface area contributed by atoms with Gasteiger partial charge in [0.25, 0.3) is 5.91 Å². The third-order valence-corrected chi connectivity index (χ3v) is 2.56. The zero-order valence-electron chi connectivity index (χ0n) is 9.56. The van der Waals surface area contributed by atoms with E-state index in [4.69, 9.17) is 0 Å². The molecule has 1 aliphatic heterocycles. The fourth-order valence-electron chi connectivity index (χ4n) is 1.73. The molecule has 1 saturated heterocycles. The second-order valence-corrected chi connectivity index (χ2v) is 3.96. The van der Waals surface area contributed by atoms with Crippen molar-refractivity contribution in [3.05, 3.63) is 18.2 Å². The Morgan fingerprint density at radius 1 is 1.56 bits per heavy atom. The number of nitrogens with zero attached hydrogens (tertiary/aromatic N) is 3. The van der Waals surface area contributed by atoms with Crippen LogP contribution in [0.2, 0.25) is 0 Å². The fourth-order valence-corrected chi connectivity index (χ4v) is 1.73. The summed E-state index contributed by atoms with van der Waals surface area (Å²) < 4.78 is 1.97. The van der Waals surface area contributed by atoms with Crippen LogP contribution in [0.1, 0.15) is 31.6 Å². The number of hydrogen-bond donors (Lipinski definition) is 2. The van der Waals surface area contributed by atoms with E-state index in [1.54, 1.807) is 19.6 Å². The first-order valence-corrected chi connectivity index (χ1v) is 5.19. The van der Waals surface area contributed by atoms with E-state index in [2.05, 4.69) is 20.6 Å². The van der Waals surface area contributed by atoms with Gasteiger partial charge in [-0.2, -0.15) is 0 Å². The highest BCUT2D eigenvalue weighted by atomic mass is 16.2. The van der Waals surface area contributed by atoms with Gasteiger partial charge >= 0.3 is 0 Å². The molecule has 0 saturated carbocycles. The maximum Gasteiger partial charge on any atom is 0.255 e. The number of amides is 1. The van der Waals surface area contributed by atoms with Gasteiger partial charge in [0.2, 0.25) is 0 Å². The van der Waals surface area contributed by atoms with Crippen molar-refractivity contribution in [2.75, 3.05) is 7.05 Å². The topological polar surface area (TPSA) is 71.3 Å². The molecular formula is C10H15N5O. The molecule has 2 rings (SSSR count). The van der Waals surface area contributed by atoms with Gasteiger partial charge in [-0.3, -0.25) is 15.1 Å². The minimum absolute atomic E-state index is 0.0944. The predicted molar refractivity (Wildman–Crippen MR) is 60.0 cm³/mol. The number of guanidine groups is 1. The molecule has 1 atom stereocenters. The summed E-state index contributed by atoms with van der Waals surface area (Å²) in [6.07, 6.45) is 3.44. The van der Waals surface area contributed by atoms with E-state index in [-0.39, 0.29) is 11.9 Å². The van der Waals surface area contributed by atoms with Crippen molar-refractivity contribution in [1.82, 2.24) is 20.2 Å². The molecule has 0 aliphatic carbocycles. The molecule has 0 bridgehead atoms. The zero-order chi connectivity index (χ0) is 11.7. The van der Waals surface area contributed by atoms with Gasteiger partial charge < -0.3 is 9.88 Å². The Morgan fingerprint density at radius 3 is 2.88 bits per heavy atom. The second-order valence-electron chi connectivity index (χ2n) is 3.96. The smallest absolute Gasteiger partial charge is 0.255 e. The highest BCUT2D eigenvalue weighted by Gasteiger charge is 2.32. The van der Waals surface area contributed by atoms with Gasteiger partial charge in [-0.15, -0.1) is 0 Å². The maximum absolute atomic E-state index is 11.7. The average Bonchev–Trinajstić information content (AvgIpc) is 2.82. The largest absolute Gasteiger partial charge is 0.339 e. The lowest BCUT2D eigenvalue weighted by molar-refractivity contribution is -0.120. The number of rotatable bonds is 2. The van der Waals surface area contributed by atoms with Gasteiger partial charge in [-0.25, -0.2) is 4.98 Å². The minimum atomic E-state index is -0.399. The molecule has 86 valence electrons. The van der Waals surface area contributed by atoms with E-state index < -0.39 is 6.04 Å². The molecule has 0 spiro atoms. The Bertz CT molecular complexity index is 434. The van der Waals surface area contributed by atoms with E-state index in [0.717, 1.165) is 5.69 Å². The number of aliphatic imine (C=N–C) groups is 1. The van der Waals surface area contributed by atoms with Crippen molar-refractivity contribution in [3.8, 4) is 0 Å². The molecule has 2 heterocycles. The van der Waals surface area contributed by atoms with Crippen molar-refractivity contribution in [3.63, 3.8) is 0 Å². The molecule has 1 aliphatic rings. The lowest BCUT2D eigenvalue weighted by Gasteiger charge is -2.14. The number of imidazole rings is 1. The molecule has 6 heteroatoms. The van der Waals surface area contributed by atoms with E-state index in [1.165, 1.54) is 0 Å². The van der Waals surface area contributed by atoms with Crippen LogP contribution in [0.15, 0.2) is 17.5 Å². The Balaban J connectivity index is 2.31. The monoisotopic (exact) mass is 221 g/mol. The molecule has 16 heavy (non-hydrogen) atoms. The second kappa shape index (κ2) is 3.96. The van der Waals surface area contributed by atoms with E-state index in [0.29, 0.717) is 5.96 Å². The lowest BCUT2D eigenvalue weighted by atomic mass is 10.2. The zero-order valence-corrected chi connectivity index (χ0v) is 9.56. The summed E-state index contributed by atoms with van der Waals surface area (Å²) in [6, 6.07) is -0.127. The first-order chi connectivity index (χ1) is 7.63. The Kier molecular flexibility index (Phi) is 2.64. The van der Waals surface area contributed by atoms with Crippen LogP contribution in [0.3, 0.4) is 0 Å². The summed E-state index contributed by atoms with van der Waals surface area (Å²) in [6.45, 7) is 4.10. The van der Waals surface area contributed by atoms with Gasteiger partial charge in [-0.05, 0) is 13.8 Å². The molecular weight excluding hydrogens is 206 g/mol. The molecule has 6 nitrogen and oxygen atoms in total. The Hall–Kier alpha value is -1.85. The molecule has 2 N–H and O–H groups in total. The van der Waals surface area contributed by atoms with Gasteiger partial charge in [0.15, 0.2) is 12.0 Å². The van der Waals surface area contributed by atoms with Crippen LogP contribution in [0, 0.1) is 0 Å². The quantitative estimate of drug-likeness (QED) is 0.750. The van der Waals surface area contributed by atoms with Gasteiger partial charge in [0, 0.05) is 13.1 Å². The van der Waals surface area contributed by atoms with Crippen molar-refractivity contribution in [2.24, 2.45) is 4.99 Å². The Morgan fingerprint density at radius 2 is 2.31 bits per heavy atom. The molecule has 1 aromatic rings. The van der Waals surface area contributed by atoms with Crippen LogP contribution < -0.4 is 10.6 Å². The predicted octanol–water partition coefficient (Wildman–Crippen LogP) is 0.210. The van der Waals surface area contributed by atoms with E-state index in [9.17, 15) is 4.79 Å². The van der Waals surface area contributed by atoms with Crippen molar-refractivity contribution in [1.29, 1.82) is 0 Å². The van der Waals surface area contributed by atoms with E-state index >= 15 is 0 Å². The van der Waals surface area contributed by atoms with Gasteiger partial charge in [0.1, 0.15) is 0 Å². The highest BCUT2D eigenvalue weighted by molar-refractivity contribution is 6.06. The highest BCUT2D eigenvalue weighted by Crippen LogP contribution is 2.19. The normalized spacial score (nSPS) is 22.6. The fraction of sp³-hybridized carbons (Fsp3) is 0.500. The maximum atomic E-state index is 11.7. The number of carbonyl (C=O) groups excluding carboxylic acids is 1. The SMILES string of the molecule is CN=C1NC(=O)C(c2cncn2C(C)C)N1. The van der Waals surface area contributed by atoms with Crippen LogP contribution in [-0.2, 0) is 4.79 Å².